The maximum Gasteiger partial charge on any atom is 0.451 e. The summed E-state index contributed by atoms with van der Waals surface area (Å²) >= 11 is 6.04. The van der Waals surface area contributed by atoms with Crippen molar-refractivity contribution in [2.75, 3.05) is 19.6 Å². The predicted octanol–water partition coefficient (Wildman–Crippen LogP) is 3.68. The number of ketones is 1. The van der Waals surface area contributed by atoms with Gasteiger partial charge in [0.25, 0.3) is 17.6 Å². The number of hydrogen-bond acceptors (Lipinski definition) is 4. The summed E-state index contributed by atoms with van der Waals surface area (Å²) in [5.74, 6) is -3.03. The van der Waals surface area contributed by atoms with Crippen LogP contribution in [-0.2, 0) is 11.3 Å². The van der Waals surface area contributed by atoms with Gasteiger partial charge in [0.2, 0.25) is 0 Å². The summed E-state index contributed by atoms with van der Waals surface area (Å²) in [5, 5.41) is 2.00. The number of likely N-dealkylation sites (tertiary alicyclic amines) is 1. The summed E-state index contributed by atoms with van der Waals surface area (Å²) in [6.07, 6.45) is -3.53. The van der Waals surface area contributed by atoms with E-state index in [0.717, 1.165) is 18.4 Å². The molecule has 176 valence electrons. The van der Waals surface area contributed by atoms with Gasteiger partial charge in [-0.2, -0.15) is 13.2 Å². The van der Waals surface area contributed by atoms with Crippen molar-refractivity contribution in [2.24, 2.45) is 5.73 Å². The Morgan fingerprint density at radius 2 is 1.73 bits per heavy atom. The number of alkyl halides is 3. The third-order valence-corrected chi connectivity index (χ3v) is 5.79. The first kappa shape index (κ1) is 24.7. The predicted molar refractivity (Wildman–Crippen MR) is 117 cm³/mol. The van der Waals surface area contributed by atoms with E-state index in [-0.39, 0.29) is 22.1 Å². The van der Waals surface area contributed by atoms with Crippen LogP contribution in [0.25, 0.3) is 0 Å². The Bertz CT molecular complexity index is 1050. The van der Waals surface area contributed by atoms with Gasteiger partial charge in [0.1, 0.15) is 0 Å². The number of hydrogen-bond donors (Lipinski definition) is 2. The van der Waals surface area contributed by atoms with Crippen molar-refractivity contribution in [3.05, 3.63) is 69.7 Å². The molecule has 2 amide bonds. The van der Waals surface area contributed by atoms with E-state index in [1.807, 2.05) is 23.5 Å². The average molecular weight is 482 g/mol. The van der Waals surface area contributed by atoms with Gasteiger partial charge >= 0.3 is 6.18 Å². The zero-order chi connectivity index (χ0) is 24.2. The van der Waals surface area contributed by atoms with Gasteiger partial charge in [-0.3, -0.25) is 14.4 Å². The molecule has 10 heteroatoms. The number of carbonyl (C=O) groups is 3. The third-order valence-electron chi connectivity index (χ3n) is 5.57. The standard InChI is InChI=1S/C23H23ClF3N3O3/c24-19-10-17(21(32)29-13-20(31)23(25,26)27)9-18(11-19)22(33)30-6-4-15(5-7-30)16-3-1-2-14(8-16)12-28/h1-3,8-11,15H,4-7,12-13,28H2,(H,29,32). The zero-order valence-electron chi connectivity index (χ0n) is 17.6. The van der Waals surface area contributed by atoms with Gasteiger partial charge in [0.05, 0.1) is 6.54 Å². The van der Waals surface area contributed by atoms with Crippen LogP contribution in [0.2, 0.25) is 5.02 Å². The number of nitrogens with one attached hydrogen (secondary N) is 1. The lowest BCUT2D eigenvalue weighted by atomic mass is 9.88. The molecule has 33 heavy (non-hydrogen) atoms. The highest BCUT2D eigenvalue weighted by Crippen LogP contribution is 2.29. The van der Waals surface area contributed by atoms with Crippen molar-refractivity contribution in [1.29, 1.82) is 0 Å². The molecule has 0 atom stereocenters. The lowest BCUT2D eigenvalue weighted by molar-refractivity contribution is -0.169. The maximum atomic E-state index is 13.0. The topological polar surface area (TPSA) is 92.5 Å². The molecule has 2 aromatic carbocycles. The van der Waals surface area contributed by atoms with Gasteiger partial charge < -0.3 is 16.0 Å². The highest BCUT2D eigenvalue weighted by molar-refractivity contribution is 6.31. The van der Waals surface area contributed by atoms with Crippen LogP contribution < -0.4 is 11.1 Å². The van der Waals surface area contributed by atoms with Gasteiger partial charge in [0.15, 0.2) is 0 Å². The number of piperidine rings is 1. The second-order valence-electron chi connectivity index (χ2n) is 7.85. The van der Waals surface area contributed by atoms with E-state index >= 15 is 0 Å². The Morgan fingerprint density at radius 1 is 1.06 bits per heavy atom. The van der Waals surface area contributed by atoms with Gasteiger partial charge in [-0.1, -0.05) is 35.9 Å². The average Bonchev–Trinajstić information content (AvgIpc) is 2.80. The molecule has 0 aromatic heterocycles. The van der Waals surface area contributed by atoms with Crippen LogP contribution in [0, 0.1) is 0 Å². The van der Waals surface area contributed by atoms with Crippen molar-refractivity contribution in [3.8, 4) is 0 Å². The summed E-state index contributed by atoms with van der Waals surface area (Å²) in [5.41, 5.74) is 7.99. The van der Waals surface area contributed by atoms with Crippen molar-refractivity contribution < 1.29 is 27.6 Å². The number of nitrogens with zero attached hydrogens (tertiary/aromatic N) is 1. The fourth-order valence-corrected chi connectivity index (χ4v) is 4.01. The highest BCUT2D eigenvalue weighted by Gasteiger charge is 2.38. The second kappa shape index (κ2) is 10.4. The van der Waals surface area contributed by atoms with Crippen LogP contribution >= 0.6 is 11.6 Å². The molecule has 0 saturated carbocycles. The number of nitrogens with two attached hydrogens (primary N) is 1. The van der Waals surface area contributed by atoms with E-state index in [4.69, 9.17) is 17.3 Å². The summed E-state index contributed by atoms with van der Waals surface area (Å²) in [6.45, 7) is 0.270. The first-order valence-electron chi connectivity index (χ1n) is 10.4. The smallest absolute Gasteiger partial charge is 0.345 e. The number of carbonyl (C=O) groups excluding carboxylic acids is 3. The molecular weight excluding hydrogens is 459 g/mol. The second-order valence-corrected chi connectivity index (χ2v) is 8.28. The molecule has 0 spiro atoms. The van der Waals surface area contributed by atoms with Crippen LogP contribution in [0.3, 0.4) is 0 Å². The summed E-state index contributed by atoms with van der Waals surface area (Å²) in [6, 6.07) is 11.9. The molecule has 6 nitrogen and oxygen atoms in total. The number of amides is 2. The number of benzene rings is 2. The molecule has 0 aliphatic carbocycles. The minimum Gasteiger partial charge on any atom is -0.345 e. The van der Waals surface area contributed by atoms with Crippen LogP contribution in [0.15, 0.2) is 42.5 Å². The van der Waals surface area contributed by atoms with Crippen LogP contribution in [-0.4, -0.2) is 48.3 Å². The molecule has 3 N–H and O–H groups in total. The first-order chi connectivity index (χ1) is 15.6. The van der Waals surface area contributed by atoms with E-state index in [2.05, 4.69) is 6.07 Å². The highest BCUT2D eigenvalue weighted by atomic mass is 35.5. The van der Waals surface area contributed by atoms with Gasteiger partial charge in [0, 0.05) is 35.8 Å². The molecule has 1 heterocycles. The minimum atomic E-state index is -5.04. The fourth-order valence-electron chi connectivity index (χ4n) is 3.78. The first-order valence-corrected chi connectivity index (χ1v) is 10.7. The van der Waals surface area contributed by atoms with E-state index in [1.54, 1.807) is 4.90 Å². The molecule has 1 fully saturated rings. The monoisotopic (exact) mass is 481 g/mol. The Hall–Kier alpha value is -2.91. The molecule has 0 unspecified atom stereocenters. The van der Waals surface area contributed by atoms with E-state index < -0.39 is 24.4 Å². The summed E-state index contributed by atoms with van der Waals surface area (Å²) in [7, 11) is 0. The van der Waals surface area contributed by atoms with Crippen molar-refractivity contribution in [2.45, 2.75) is 31.5 Å². The van der Waals surface area contributed by atoms with Crippen molar-refractivity contribution >= 4 is 29.2 Å². The lowest BCUT2D eigenvalue weighted by Gasteiger charge is -2.32. The molecule has 1 aliphatic heterocycles. The SMILES string of the molecule is NCc1cccc(C2CCN(C(=O)c3cc(Cl)cc(C(=O)NCC(=O)C(F)(F)F)c3)CC2)c1. The molecule has 1 aliphatic rings. The van der Waals surface area contributed by atoms with Gasteiger partial charge in [-0.15, -0.1) is 0 Å². The van der Waals surface area contributed by atoms with E-state index in [0.29, 0.717) is 25.6 Å². The maximum absolute atomic E-state index is 13.0. The van der Waals surface area contributed by atoms with E-state index in [1.165, 1.54) is 23.8 Å². The quantitative estimate of drug-likeness (QED) is 0.658. The molecule has 2 aromatic rings. The van der Waals surface area contributed by atoms with Crippen LogP contribution in [0.1, 0.15) is 50.6 Å². The zero-order valence-corrected chi connectivity index (χ0v) is 18.4. The Labute approximate surface area is 193 Å². The molecule has 3 rings (SSSR count). The molecule has 1 saturated heterocycles. The van der Waals surface area contributed by atoms with Crippen molar-refractivity contribution in [1.82, 2.24) is 10.2 Å². The van der Waals surface area contributed by atoms with Crippen LogP contribution in [0.4, 0.5) is 13.2 Å². The van der Waals surface area contributed by atoms with Gasteiger partial charge in [-0.05, 0) is 48.1 Å². The third kappa shape index (κ3) is 6.33. The summed E-state index contributed by atoms with van der Waals surface area (Å²) in [4.78, 5) is 37.8. The largest absolute Gasteiger partial charge is 0.451 e. The number of halogens is 4. The Balaban J connectivity index is 1.65. The lowest BCUT2D eigenvalue weighted by Crippen LogP contribution is -2.38. The number of Topliss-reactive ketones (excluding diaryl/α,β-unsaturated/α-hetero) is 1. The van der Waals surface area contributed by atoms with Gasteiger partial charge in [-0.25, -0.2) is 0 Å². The number of rotatable bonds is 6. The molecule has 0 bridgehead atoms. The Morgan fingerprint density at radius 3 is 2.36 bits per heavy atom. The molecular formula is C23H23ClF3N3O3. The minimum absolute atomic E-state index is 0.0848. The van der Waals surface area contributed by atoms with Crippen molar-refractivity contribution in [3.63, 3.8) is 0 Å². The Kier molecular flexibility index (Phi) is 7.76. The summed E-state index contributed by atoms with van der Waals surface area (Å²) < 4.78 is 37.0. The van der Waals surface area contributed by atoms with Crippen LogP contribution in [0.5, 0.6) is 0 Å². The fraction of sp³-hybridized carbons (Fsp3) is 0.348. The normalized spacial score (nSPS) is 14.8. The van der Waals surface area contributed by atoms with E-state index in [9.17, 15) is 27.6 Å². The molecule has 0 radical (unpaired) electrons.